The Labute approximate surface area is 116 Å². The summed E-state index contributed by atoms with van der Waals surface area (Å²) in [5, 5.41) is 5.50. The molecule has 19 heavy (non-hydrogen) atoms. The van der Waals surface area contributed by atoms with Crippen LogP contribution in [-0.4, -0.2) is 31.2 Å². The lowest BCUT2D eigenvalue weighted by atomic mass is 10.2. The zero-order chi connectivity index (χ0) is 13.5. The summed E-state index contributed by atoms with van der Waals surface area (Å²) in [5.41, 5.74) is 1.68. The number of carbonyl (C=O) groups is 1. The summed E-state index contributed by atoms with van der Waals surface area (Å²) in [6, 6.07) is 10.1. The normalized spacial score (nSPS) is 10.4. The molecule has 0 atom stereocenters. The van der Waals surface area contributed by atoms with E-state index < -0.39 is 0 Å². The molecule has 0 aliphatic carbocycles. The minimum absolute atomic E-state index is 0.146. The monoisotopic (exact) mass is 276 g/mol. The summed E-state index contributed by atoms with van der Waals surface area (Å²) in [5.74, 6) is -0.146. The van der Waals surface area contributed by atoms with Crippen molar-refractivity contribution in [3.05, 3.63) is 52.0 Å². The van der Waals surface area contributed by atoms with Crippen molar-refractivity contribution in [3.8, 4) is 0 Å². The number of aromatic nitrogens is 1. The van der Waals surface area contributed by atoms with E-state index >= 15 is 0 Å². The van der Waals surface area contributed by atoms with Gasteiger partial charge in [0.2, 0.25) is 0 Å². The highest BCUT2D eigenvalue weighted by atomic mass is 32.1. The molecule has 0 saturated heterocycles. The van der Waals surface area contributed by atoms with Crippen LogP contribution in [0.25, 0.3) is 0 Å². The molecular weight excluding hydrogens is 260 g/mol. The number of rotatable bonds is 6. The van der Waals surface area contributed by atoms with Crippen LogP contribution in [0.3, 0.4) is 0 Å². The van der Waals surface area contributed by atoms with E-state index in [9.17, 15) is 4.79 Å². The van der Waals surface area contributed by atoms with Crippen molar-refractivity contribution in [1.82, 2.24) is 10.3 Å². The van der Waals surface area contributed by atoms with Gasteiger partial charge in [-0.3, -0.25) is 4.79 Å². The van der Waals surface area contributed by atoms with E-state index in [-0.39, 0.29) is 5.91 Å². The molecule has 0 aliphatic heterocycles. The Morgan fingerprint density at radius 1 is 1.37 bits per heavy atom. The second-order valence-electron chi connectivity index (χ2n) is 4.04. The van der Waals surface area contributed by atoms with Gasteiger partial charge in [-0.25, -0.2) is 4.98 Å². The van der Waals surface area contributed by atoms with Crippen LogP contribution >= 0.6 is 11.3 Å². The van der Waals surface area contributed by atoms with Gasteiger partial charge < -0.3 is 10.1 Å². The summed E-state index contributed by atoms with van der Waals surface area (Å²) in [6.45, 7) is 1.01. The summed E-state index contributed by atoms with van der Waals surface area (Å²) < 4.78 is 4.88. The topological polar surface area (TPSA) is 51.2 Å². The average molecular weight is 276 g/mol. The predicted molar refractivity (Wildman–Crippen MR) is 75.6 cm³/mol. The molecule has 2 aromatic rings. The lowest BCUT2D eigenvalue weighted by Crippen LogP contribution is -2.27. The van der Waals surface area contributed by atoms with E-state index in [0.29, 0.717) is 18.8 Å². The first-order valence-electron chi connectivity index (χ1n) is 6.05. The van der Waals surface area contributed by atoms with Crippen LogP contribution in [0, 0.1) is 0 Å². The Bertz CT molecular complexity index is 525. The SMILES string of the molecule is COCCNC(=O)c1csc(Cc2ccccc2)n1. The molecule has 0 radical (unpaired) electrons. The molecule has 1 aromatic heterocycles. The van der Waals surface area contributed by atoms with Crippen LogP contribution in [0.2, 0.25) is 0 Å². The fourth-order valence-corrected chi connectivity index (χ4v) is 2.43. The lowest BCUT2D eigenvalue weighted by Gasteiger charge is -2.01. The van der Waals surface area contributed by atoms with Crippen molar-refractivity contribution in [2.75, 3.05) is 20.3 Å². The van der Waals surface area contributed by atoms with E-state index in [1.807, 2.05) is 18.2 Å². The first kappa shape index (κ1) is 13.7. The molecule has 0 fully saturated rings. The zero-order valence-corrected chi connectivity index (χ0v) is 11.6. The second-order valence-corrected chi connectivity index (χ2v) is 4.98. The largest absolute Gasteiger partial charge is 0.383 e. The molecule has 2 rings (SSSR count). The van der Waals surface area contributed by atoms with Crippen molar-refractivity contribution in [3.63, 3.8) is 0 Å². The van der Waals surface area contributed by atoms with Gasteiger partial charge in [-0.15, -0.1) is 11.3 Å². The van der Waals surface area contributed by atoms with Crippen LogP contribution < -0.4 is 5.32 Å². The smallest absolute Gasteiger partial charge is 0.270 e. The minimum atomic E-state index is -0.146. The lowest BCUT2D eigenvalue weighted by molar-refractivity contribution is 0.0932. The molecule has 1 aromatic carbocycles. The Hall–Kier alpha value is -1.72. The van der Waals surface area contributed by atoms with E-state index in [0.717, 1.165) is 11.4 Å². The van der Waals surface area contributed by atoms with Gasteiger partial charge >= 0.3 is 0 Å². The van der Waals surface area contributed by atoms with Crippen LogP contribution in [-0.2, 0) is 11.2 Å². The standard InChI is InChI=1S/C14H16N2O2S/c1-18-8-7-15-14(17)12-10-19-13(16-12)9-11-5-3-2-4-6-11/h2-6,10H,7-9H2,1H3,(H,15,17). The first-order valence-corrected chi connectivity index (χ1v) is 6.93. The van der Waals surface area contributed by atoms with E-state index in [1.165, 1.54) is 16.9 Å². The van der Waals surface area contributed by atoms with Gasteiger partial charge in [0.25, 0.3) is 5.91 Å². The summed E-state index contributed by atoms with van der Waals surface area (Å²) in [7, 11) is 1.60. The number of hydrogen-bond acceptors (Lipinski definition) is 4. The molecule has 100 valence electrons. The first-order chi connectivity index (χ1) is 9.29. The molecule has 0 aliphatic rings. The highest BCUT2D eigenvalue weighted by Gasteiger charge is 2.10. The number of benzene rings is 1. The minimum Gasteiger partial charge on any atom is -0.383 e. The Morgan fingerprint density at radius 3 is 2.89 bits per heavy atom. The molecule has 4 nitrogen and oxygen atoms in total. The Morgan fingerprint density at radius 2 is 2.16 bits per heavy atom. The summed E-state index contributed by atoms with van der Waals surface area (Å²) in [6.07, 6.45) is 0.761. The fourth-order valence-electron chi connectivity index (χ4n) is 1.62. The number of amides is 1. The van der Waals surface area contributed by atoms with Crippen molar-refractivity contribution in [2.24, 2.45) is 0 Å². The summed E-state index contributed by atoms with van der Waals surface area (Å²) >= 11 is 1.51. The van der Waals surface area contributed by atoms with Crippen molar-refractivity contribution in [1.29, 1.82) is 0 Å². The maximum Gasteiger partial charge on any atom is 0.270 e. The molecule has 1 amide bonds. The van der Waals surface area contributed by atoms with Crippen molar-refractivity contribution in [2.45, 2.75) is 6.42 Å². The number of thiazole rings is 1. The van der Waals surface area contributed by atoms with E-state index in [2.05, 4.69) is 22.4 Å². The molecule has 1 N–H and O–H groups in total. The molecule has 0 saturated carbocycles. The van der Waals surface area contributed by atoms with Gasteiger partial charge in [0, 0.05) is 25.5 Å². The van der Waals surface area contributed by atoms with Crippen molar-refractivity contribution < 1.29 is 9.53 Å². The van der Waals surface area contributed by atoms with Gasteiger partial charge in [0.15, 0.2) is 0 Å². The van der Waals surface area contributed by atoms with Crippen LogP contribution in [0.15, 0.2) is 35.7 Å². The number of nitrogens with zero attached hydrogens (tertiary/aromatic N) is 1. The Balaban J connectivity index is 1.93. The summed E-state index contributed by atoms with van der Waals surface area (Å²) in [4.78, 5) is 16.1. The highest BCUT2D eigenvalue weighted by Crippen LogP contribution is 2.14. The number of carbonyl (C=O) groups excluding carboxylic acids is 1. The molecular formula is C14H16N2O2S. The highest BCUT2D eigenvalue weighted by molar-refractivity contribution is 7.09. The van der Waals surface area contributed by atoms with Gasteiger partial charge in [0.05, 0.1) is 11.6 Å². The van der Waals surface area contributed by atoms with E-state index in [4.69, 9.17) is 4.74 Å². The molecule has 1 heterocycles. The van der Waals surface area contributed by atoms with Crippen LogP contribution in [0.4, 0.5) is 0 Å². The van der Waals surface area contributed by atoms with Gasteiger partial charge in [-0.2, -0.15) is 0 Å². The average Bonchev–Trinajstić information content (AvgIpc) is 2.89. The zero-order valence-electron chi connectivity index (χ0n) is 10.8. The number of hydrogen-bond donors (Lipinski definition) is 1. The fraction of sp³-hybridized carbons (Fsp3) is 0.286. The quantitative estimate of drug-likeness (QED) is 0.822. The number of methoxy groups -OCH3 is 1. The third kappa shape index (κ3) is 4.15. The molecule has 0 spiro atoms. The molecule has 0 bridgehead atoms. The van der Waals surface area contributed by atoms with Crippen LogP contribution in [0.1, 0.15) is 21.1 Å². The second kappa shape index (κ2) is 7.01. The maximum absolute atomic E-state index is 11.8. The van der Waals surface area contributed by atoms with Crippen molar-refractivity contribution >= 4 is 17.2 Å². The molecule has 5 heteroatoms. The number of ether oxygens (including phenoxy) is 1. The third-order valence-electron chi connectivity index (χ3n) is 2.57. The van der Waals surface area contributed by atoms with Gasteiger partial charge in [0.1, 0.15) is 5.69 Å². The number of nitrogens with one attached hydrogen (secondary N) is 1. The third-order valence-corrected chi connectivity index (χ3v) is 3.42. The van der Waals surface area contributed by atoms with Gasteiger partial charge in [-0.1, -0.05) is 30.3 Å². The Kier molecular flexibility index (Phi) is 5.06. The molecule has 0 unspecified atom stereocenters. The van der Waals surface area contributed by atoms with E-state index in [1.54, 1.807) is 12.5 Å². The van der Waals surface area contributed by atoms with Gasteiger partial charge in [-0.05, 0) is 5.56 Å². The predicted octanol–water partition coefficient (Wildman–Crippen LogP) is 2.11. The van der Waals surface area contributed by atoms with Crippen LogP contribution in [0.5, 0.6) is 0 Å². The maximum atomic E-state index is 11.8.